The summed E-state index contributed by atoms with van der Waals surface area (Å²) in [6, 6.07) is 11.7. The van der Waals surface area contributed by atoms with Crippen molar-refractivity contribution in [2.24, 2.45) is 0 Å². The van der Waals surface area contributed by atoms with Crippen LogP contribution in [-0.2, 0) is 6.42 Å². The van der Waals surface area contributed by atoms with E-state index in [4.69, 9.17) is 0 Å². The molecule has 0 amide bonds. The standard InChI is InChI=1S/C13H15N3O/c17-10-12(9-11-5-2-1-3-6-11)16-13-14-7-4-8-15-13/h1-8,12,17H,9-10H2,(H,14,15,16). The van der Waals surface area contributed by atoms with Crippen molar-refractivity contribution in [2.45, 2.75) is 12.5 Å². The molecule has 0 spiro atoms. The number of benzene rings is 1. The Labute approximate surface area is 100 Å². The summed E-state index contributed by atoms with van der Waals surface area (Å²) in [6.07, 6.45) is 4.09. The Morgan fingerprint density at radius 1 is 1.06 bits per heavy atom. The molecule has 88 valence electrons. The molecule has 0 aliphatic rings. The summed E-state index contributed by atoms with van der Waals surface area (Å²) in [5.74, 6) is 0.544. The normalized spacial score (nSPS) is 12.1. The highest BCUT2D eigenvalue weighted by molar-refractivity contribution is 5.26. The van der Waals surface area contributed by atoms with Crippen molar-refractivity contribution in [3.63, 3.8) is 0 Å². The van der Waals surface area contributed by atoms with Crippen molar-refractivity contribution in [2.75, 3.05) is 11.9 Å². The molecule has 0 aliphatic carbocycles. The van der Waals surface area contributed by atoms with Gasteiger partial charge in [-0.2, -0.15) is 0 Å². The molecule has 2 N–H and O–H groups in total. The van der Waals surface area contributed by atoms with Crippen LogP contribution in [0.15, 0.2) is 48.8 Å². The van der Waals surface area contributed by atoms with Gasteiger partial charge in [-0.15, -0.1) is 0 Å². The van der Waals surface area contributed by atoms with E-state index in [1.807, 2.05) is 30.3 Å². The molecule has 0 saturated carbocycles. The minimum Gasteiger partial charge on any atom is -0.394 e. The summed E-state index contributed by atoms with van der Waals surface area (Å²) in [7, 11) is 0. The minimum atomic E-state index is -0.0696. The zero-order valence-corrected chi connectivity index (χ0v) is 9.45. The summed E-state index contributed by atoms with van der Waals surface area (Å²) < 4.78 is 0. The van der Waals surface area contributed by atoms with Gasteiger partial charge in [0.2, 0.25) is 5.95 Å². The van der Waals surface area contributed by atoms with Crippen molar-refractivity contribution in [1.29, 1.82) is 0 Å². The third-order valence-electron chi connectivity index (χ3n) is 2.44. The molecule has 0 fully saturated rings. The zero-order chi connectivity index (χ0) is 11.9. The fourth-order valence-corrected chi connectivity index (χ4v) is 1.62. The van der Waals surface area contributed by atoms with Crippen LogP contribution in [0.5, 0.6) is 0 Å². The van der Waals surface area contributed by atoms with Gasteiger partial charge >= 0.3 is 0 Å². The second kappa shape index (κ2) is 5.96. The Bertz CT molecular complexity index is 391. The molecule has 1 unspecified atom stereocenters. The van der Waals surface area contributed by atoms with Crippen molar-refractivity contribution >= 4 is 5.95 Å². The highest BCUT2D eigenvalue weighted by Gasteiger charge is 2.09. The zero-order valence-electron chi connectivity index (χ0n) is 9.45. The van der Waals surface area contributed by atoms with Crippen molar-refractivity contribution in [3.05, 3.63) is 54.4 Å². The van der Waals surface area contributed by atoms with Crippen molar-refractivity contribution < 1.29 is 5.11 Å². The summed E-state index contributed by atoms with van der Waals surface area (Å²) in [5.41, 5.74) is 1.18. The van der Waals surface area contributed by atoms with Crippen LogP contribution in [0.25, 0.3) is 0 Å². The molecule has 4 heteroatoms. The second-order valence-corrected chi connectivity index (χ2v) is 3.79. The quantitative estimate of drug-likeness (QED) is 0.815. The van der Waals surface area contributed by atoms with E-state index in [9.17, 15) is 5.11 Å². The minimum absolute atomic E-state index is 0.0488. The molecule has 4 nitrogen and oxygen atoms in total. The maximum Gasteiger partial charge on any atom is 0.222 e. The van der Waals surface area contributed by atoms with Gasteiger partial charge in [0.05, 0.1) is 12.6 Å². The van der Waals surface area contributed by atoms with Crippen molar-refractivity contribution in [3.8, 4) is 0 Å². The highest BCUT2D eigenvalue weighted by atomic mass is 16.3. The monoisotopic (exact) mass is 229 g/mol. The van der Waals surface area contributed by atoms with E-state index in [0.717, 1.165) is 6.42 Å². The second-order valence-electron chi connectivity index (χ2n) is 3.79. The third-order valence-corrected chi connectivity index (χ3v) is 2.44. The number of aliphatic hydroxyl groups excluding tert-OH is 1. The number of rotatable bonds is 5. The topological polar surface area (TPSA) is 58.0 Å². The lowest BCUT2D eigenvalue weighted by molar-refractivity contribution is 0.273. The molecular weight excluding hydrogens is 214 g/mol. The van der Waals surface area contributed by atoms with E-state index in [0.29, 0.717) is 5.95 Å². The first-order valence-electron chi connectivity index (χ1n) is 5.57. The lowest BCUT2D eigenvalue weighted by Gasteiger charge is -2.15. The number of anilines is 1. The van der Waals surface area contributed by atoms with Crippen LogP contribution in [0, 0.1) is 0 Å². The smallest absolute Gasteiger partial charge is 0.222 e. The average molecular weight is 229 g/mol. The van der Waals surface area contributed by atoms with Gasteiger partial charge in [-0.25, -0.2) is 9.97 Å². The van der Waals surface area contributed by atoms with E-state index < -0.39 is 0 Å². The molecule has 0 radical (unpaired) electrons. The van der Waals surface area contributed by atoms with E-state index in [2.05, 4.69) is 15.3 Å². The van der Waals surface area contributed by atoms with E-state index >= 15 is 0 Å². The fourth-order valence-electron chi connectivity index (χ4n) is 1.62. The first kappa shape index (κ1) is 11.5. The predicted molar refractivity (Wildman–Crippen MR) is 66.7 cm³/mol. The van der Waals surface area contributed by atoms with Gasteiger partial charge < -0.3 is 10.4 Å². The van der Waals surface area contributed by atoms with Gasteiger partial charge in [-0.3, -0.25) is 0 Å². The number of hydrogen-bond acceptors (Lipinski definition) is 4. The first-order valence-corrected chi connectivity index (χ1v) is 5.57. The van der Waals surface area contributed by atoms with Crippen LogP contribution in [0.4, 0.5) is 5.95 Å². The molecule has 1 aromatic carbocycles. The Hall–Kier alpha value is -1.94. The van der Waals surface area contributed by atoms with Gasteiger partial charge in [0.1, 0.15) is 0 Å². The van der Waals surface area contributed by atoms with E-state index in [1.165, 1.54) is 5.56 Å². The van der Waals surface area contributed by atoms with Crippen LogP contribution < -0.4 is 5.32 Å². The number of nitrogens with zero attached hydrogens (tertiary/aromatic N) is 2. The molecule has 17 heavy (non-hydrogen) atoms. The lowest BCUT2D eigenvalue weighted by atomic mass is 10.1. The molecule has 0 aliphatic heterocycles. The SMILES string of the molecule is OCC(Cc1ccccc1)Nc1ncccn1. The Morgan fingerprint density at radius 3 is 2.41 bits per heavy atom. The molecule has 1 atom stereocenters. The van der Waals surface area contributed by atoms with Crippen LogP contribution in [0.2, 0.25) is 0 Å². The number of aliphatic hydroxyl groups is 1. The lowest BCUT2D eigenvalue weighted by Crippen LogP contribution is -2.27. The Balaban J connectivity index is 1.98. The maximum atomic E-state index is 9.33. The molecular formula is C13H15N3O. The number of nitrogens with one attached hydrogen (secondary N) is 1. The molecule has 1 heterocycles. The molecule has 2 aromatic rings. The van der Waals surface area contributed by atoms with Gasteiger partial charge in [0.15, 0.2) is 0 Å². The highest BCUT2D eigenvalue weighted by Crippen LogP contribution is 2.06. The van der Waals surface area contributed by atoms with Gasteiger partial charge in [-0.1, -0.05) is 30.3 Å². The number of hydrogen-bond donors (Lipinski definition) is 2. The summed E-state index contributed by atoms with van der Waals surface area (Å²) in [6.45, 7) is 0.0488. The van der Waals surface area contributed by atoms with Crippen LogP contribution >= 0.6 is 0 Å². The molecule has 1 aromatic heterocycles. The first-order chi connectivity index (χ1) is 8.38. The Kier molecular flexibility index (Phi) is 4.05. The maximum absolute atomic E-state index is 9.33. The number of aromatic nitrogens is 2. The van der Waals surface area contributed by atoms with Crippen LogP contribution in [-0.4, -0.2) is 27.7 Å². The van der Waals surface area contributed by atoms with Gasteiger partial charge in [0, 0.05) is 12.4 Å². The Morgan fingerprint density at radius 2 is 1.76 bits per heavy atom. The largest absolute Gasteiger partial charge is 0.394 e. The summed E-state index contributed by atoms with van der Waals surface area (Å²) >= 11 is 0. The van der Waals surface area contributed by atoms with Crippen molar-refractivity contribution in [1.82, 2.24) is 9.97 Å². The van der Waals surface area contributed by atoms with Gasteiger partial charge in [-0.05, 0) is 18.1 Å². The average Bonchev–Trinajstić information content (AvgIpc) is 2.40. The molecule has 0 bridgehead atoms. The fraction of sp³-hybridized carbons (Fsp3) is 0.231. The van der Waals surface area contributed by atoms with E-state index in [1.54, 1.807) is 18.5 Å². The van der Waals surface area contributed by atoms with Crippen LogP contribution in [0.3, 0.4) is 0 Å². The van der Waals surface area contributed by atoms with E-state index in [-0.39, 0.29) is 12.6 Å². The summed E-state index contributed by atoms with van der Waals surface area (Å²) in [5, 5.41) is 12.4. The molecule has 2 rings (SSSR count). The third kappa shape index (κ3) is 3.53. The molecule has 0 saturated heterocycles. The predicted octanol–water partition coefficient (Wildman–Crippen LogP) is 1.49. The summed E-state index contributed by atoms with van der Waals surface area (Å²) in [4.78, 5) is 8.15. The van der Waals surface area contributed by atoms with Crippen LogP contribution in [0.1, 0.15) is 5.56 Å². The van der Waals surface area contributed by atoms with Gasteiger partial charge in [0.25, 0.3) is 0 Å².